The van der Waals surface area contributed by atoms with Gasteiger partial charge in [-0.05, 0) is 41.9 Å². The smallest absolute Gasteiger partial charge is 0.262 e. The standard InChI is InChI=1S/C18H16BrN3O3S/c1-9-15(16(19)10(2)25-9)17(24)22-18-21-14(8-26-18)12-4-6-13(7-5-12)20-11(3)23/h4-8H,1-3H3,(H,20,23)(H,21,22,24). The average Bonchev–Trinajstić information content (AvgIpc) is 3.12. The molecular weight excluding hydrogens is 418 g/mol. The van der Waals surface area contributed by atoms with E-state index in [2.05, 4.69) is 31.5 Å². The summed E-state index contributed by atoms with van der Waals surface area (Å²) in [6, 6.07) is 7.35. The van der Waals surface area contributed by atoms with Gasteiger partial charge in [-0.25, -0.2) is 4.98 Å². The van der Waals surface area contributed by atoms with E-state index in [-0.39, 0.29) is 11.8 Å². The summed E-state index contributed by atoms with van der Waals surface area (Å²) < 4.78 is 6.11. The van der Waals surface area contributed by atoms with E-state index in [0.717, 1.165) is 16.9 Å². The number of rotatable bonds is 4. The summed E-state index contributed by atoms with van der Waals surface area (Å²) in [5, 5.41) is 7.89. The number of hydrogen-bond acceptors (Lipinski definition) is 5. The molecule has 0 fully saturated rings. The maximum atomic E-state index is 12.5. The Morgan fingerprint density at radius 2 is 1.81 bits per heavy atom. The average molecular weight is 434 g/mol. The number of hydrogen-bond donors (Lipinski definition) is 2. The Morgan fingerprint density at radius 1 is 1.12 bits per heavy atom. The van der Waals surface area contributed by atoms with E-state index in [0.29, 0.717) is 26.7 Å². The summed E-state index contributed by atoms with van der Waals surface area (Å²) in [6.07, 6.45) is 0. The van der Waals surface area contributed by atoms with Crippen molar-refractivity contribution in [3.05, 3.63) is 51.2 Å². The highest BCUT2D eigenvalue weighted by molar-refractivity contribution is 9.10. The van der Waals surface area contributed by atoms with Gasteiger partial charge in [0.05, 0.1) is 15.7 Å². The van der Waals surface area contributed by atoms with Crippen molar-refractivity contribution in [3.63, 3.8) is 0 Å². The van der Waals surface area contributed by atoms with Crippen LogP contribution in [0.4, 0.5) is 10.8 Å². The van der Waals surface area contributed by atoms with Crippen LogP contribution in [0.15, 0.2) is 38.5 Å². The number of aromatic nitrogens is 1. The molecule has 0 bridgehead atoms. The summed E-state index contributed by atoms with van der Waals surface area (Å²) in [6.45, 7) is 5.00. The van der Waals surface area contributed by atoms with Crippen LogP contribution in [0.3, 0.4) is 0 Å². The third kappa shape index (κ3) is 3.86. The van der Waals surface area contributed by atoms with Crippen LogP contribution in [0.25, 0.3) is 11.3 Å². The van der Waals surface area contributed by atoms with Crippen LogP contribution in [0, 0.1) is 13.8 Å². The zero-order valence-corrected chi connectivity index (χ0v) is 16.7. The Morgan fingerprint density at radius 3 is 2.38 bits per heavy atom. The minimum absolute atomic E-state index is 0.118. The first-order valence-electron chi connectivity index (χ1n) is 7.75. The molecule has 0 unspecified atom stereocenters. The number of benzene rings is 1. The van der Waals surface area contributed by atoms with Crippen LogP contribution in [0.5, 0.6) is 0 Å². The molecule has 2 N–H and O–H groups in total. The normalized spacial score (nSPS) is 10.6. The number of furan rings is 1. The number of thiazole rings is 1. The van der Waals surface area contributed by atoms with Crippen LogP contribution < -0.4 is 10.6 Å². The molecule has 1 aromatic carbocycles. The monoisotopic (exact) mass is 433 g/mol. The molecule has 0 atom stereocenters. The fourth-order valence-electron chi connectivity index (χ4n) is 2.47. The van der Waals surface area contributed by atoms with Crippen molar-refractivity contribution in [2.24, 2.45) is 0 Å². The SMILES string of the molecule is CC(=O)Nc1ccc(-c2csc(NC(=O)c3c(C)oc(C)c3Br)n2)cc1. The number of anilines is 2. The maximum Gasteiger partial charge on any atom is 0.262 e. The Labute approximate surface area is 162 Å². The molecule has 0 aliphatic rings. The van der Waals surface area contributed by atoms with Crippen LogP contribution in [0.1, 0.15) is 28.8 Å². The van der Waals surface area contributed by atoms with Gasteiger partial charge in [-0.3, -0.25) is 14.9 Å². The molecule has 0 aliphatic heterocycles. The summed E-state index contributed by atoms with van der Waals surface area (Å²) in [7, 11) is 0. The van der Waals surface area contributed by atoms with Gasteiger partial charge >= 0.3 is 0 Å². The summed E-state index contributed by atoms with van der Waals surface area (Å²) in [4.78, 5) is 28.0. The van der Waals surface area contributed by atoms with Gasteiger partial charge in [0, 0.05) is 23.6 Å². The molecule has 2 aromatic heterocycles. The molecule has 134 valence electrons. The number of nitrogens with one attached hydrogen (secondary N) is 2. The lowest BCUT2D eigenvalue weighted by molar-refractivity contribution is -0.114. The molecule has 3 rings (SSSR count). The van der Waals surface area contributed by atoms with Crippen LogP contribution in [0.2, 0.25) is 0 Å². The van der Waals surface area contributed by atoms with E-state index in [9.17, 15) is 9.59 Å². The zero-order chi connectivity index (χ0) is 18.8. The second-order valence-electron chi connectivity index (χ2n) is 5.65. The second kappa shape index (κ2) is 7.43. The first-order valence-corrected chi connectivity index (χ1v) is 9.43. The Balaban J connectivity index is 1.75. The van der Waals surface area contributed by atoms with Crippen LogP contribution >= 0.6 is 27.3 Å². The van der Waals surface area contributed by atoms with Gasteiger partial charge in [0.15, 0.2) is 5.13 Å². The minimum Gasteiger partial charge on any atom is -0.465 e. The molecule has 2 heterocycles. The Kier molecular flexibility index (Phi) is 5.24. The van der Waals surface area contributed by atoms with Crippen molar-refractivity contribution in [2.75, 3.05) is 10.6 Å². The first-order chi connectivity index (χ1) is 12.3. The van der Waals surface area contributed by atoms with Gasteiger partial charge in [-0.2, -0.15) is 0 Å². The van der Waals surface area contributed by atoms with Gasteiger partial charge in [0.25, 0.3) is 5.91 Å². The highest BCUT2D eigenvalue weighted by atomic mass is 79.9. The molecule has 0 radical (unpaired) electrons. The lowest BCUT2D eigenvalue weighted by atomic mass is 10.1. The number of amides is 2. The fourth-order valence-corrected chi connectivity index (χ4v) is 3.72. The van der Waals surface area contributed by atoms with Crippen molar-refractivity contribution < 1.29 is 14.0 Å². The third-order valence-electron chi connectivity index (χ3n) is 3.64. The zero-order valence-electron chi connectivity index (χ0n) is 14.3. The molecular formula is C18H16BrN3O3S. The third-order valence-corrected chi connectivity index (χ3v) is 5.35. The molecule has 3 aromatic rings. The van der Waals surface area contributed by atoms with Gasteiger partial charge in [-0.1, -0.05) is 12.1 Å². The summed E-state index contributed by atoms with van der Waals surface area (Å²) >= 11 is 4.72. The predicted molar refractivity (Wildman–Crippen MR) is 106 cm³/mol. The Hall–Kier alpha value is -2.45. The lowest BCUT2D eigenvalue weighted by Crippen LogP contribution is -2.12. The van der Waals surface area contributed by atoms with Crippen molar-refractivity contribution in [2.45, 2.75) is 20.8 Å². The van der Waals surface area contributed by atoms with Crippen molar-refractivity contribution in [1.82, 2.24) is 4.98 Å². The number of aryl methyl sites for hydroxylation is 2. The van der Waals surface area contributed by atoms with Crippen LogP contribution in [-0.4, -0.2) is 16.8 Å². The highest BCUT2D eigenvalue weighted by Gasteiger charge is 2.20. The quantitative estimate of drug-likeness (QED) is 0.606. The molecule has 0 aliphatic carbocycles. The summed E-state index contributed by atoms with van der Waals surface area (Å²) in [5.41, 5.74) is 2.84. The fraction of sp³-hybridized carbons (Fsp3) is 0.167. The molecule has 0 saturated carbocycles. The topological polar surface area (TPSA) is 84.2 Å². The predicted octanol–water partition coefficient (Wildman–Crippen LogP) is 4.99. The highest BCUT2D eigenvalue weighted by Crippen LogP contribution is 2.30. The van der Waals surface area contributed by atoms with Gasteiger partial charge in [0.1, 0.15) is 11.5 Å². The molecule has 2 amide bonds. The van der Waals surface area contributed by atoms with Crippen molar-refractivity contribution in [1.29, 1.82) is 0 Å². The molecule has 0 spiro atoms. The molecule has 0 saturated heterocycles. The van der Waals surface area contributed by atoms with Gasteiger partial charge < -0.3 is 9.73 Å². The van der Waals surface area contributed by atoms with E-state index < -0.39 is 0 Å². The number of halogens is 1. The van der Waals surface area contributed by atoms with E-state index in [1.54, 1.807) is 13.8 Å². The molecule has 8 heteroatoms. The number of nitrogens with zero attached hydrogens (tertiary/aromatic N) is 1. The second-order valence-corrected chi connectivity index (χ2v) is 7.31. The van der Waals surface area contributed by atoms with E-state index >= 15 is 0 Å². The van der Waals surface area contributed by atoms with E-state index in [4.69, 9.17) is 4.42 Å². The van der Waals surface area contributed by atoms with E-state index in [1.807, 2.05) is 29.6 Å². The van der Waals surface area contributed by atoms with Crippen LogP contribution in [-0.2, 0) is 4.79 Å². The number of carbonyl (C=O) groups excluding carboxylic acids is 2. The first kappa shape index (κ1) is 18.3. The van der Waals surface area contributed by atoms with Crippen molar-refractivity contribution >= 4 is 49.9 Å². The number of carbonyl (C=O) groups is 2. The van der Waals surface area contributed by atoms with E-state index in [1.165, 1.54) is 18.3 Å². The van der Waals surface area contributed by atoms with Gasteiger partial charge in [-0.15, -0.1) is 11.3 Å². The Bertz CT molecular complexity index is 976. The van der Waals surface area contributed by atoms with Crippen molar-refractivity contribution in [3.8, 4) is 11.3 Å². The molecule has 6 nitrogen and oxygen atoms in total. The summed E-state index contributed by atoms with van der Waals surface area (Å²) in [5.74, 6) is 0.824. The lowest BCUT2D eigenvalue weighted by Gasteiger charge is -2.03. The van der Waals surface area contributed by atoms with Gasteiger partial charge in [0.2, 0.25) is 5.91 Å². The maximum absolute atomic E-state index is 12.5. The largest absolute Gasteiger partial charge is 0.465 e. The molecule has 26 heavy (non-hydrogen) atoms. The minimum atomic E-state index is -0.270.